The van der Waals surface area contributed by atoms with Crippen molar-refractivity contribution >= 4 is 0 Å². The average molecular weight is 261 g/mol. The first kappa shape index (κ1) is 14.5. The monoisotopic (exact) mass is 261 g/mol. The molecule has 0 amide bonds. The highest BCUT2D eigenvalue weighted by Gasteiger charge is 2.31. The Labute approximate surface area is 117 Å². The van der Waals surface area contributed by atoms with Crippen LogP contribution in [-0.4, -0.2) is 28.5 Å². The predicted molar refractivity (Wildman–Crippen MR) is 79.9 cm³/mol. The van der Waals surface area contributed by atoms with E-state index >= 15 is 0 Å². The molecule has 0 aliphatic carbocycles. The number of pyridine rings is 1. The van der Waals surface area contributed by atoms with Gasteiger partial charge in [0.2, 0.25) is 0 Å². The summed E-state index contributed by atoms with van der Waals surface area (Å²) in [7, 11) is 0. The van der Waals surface area contributed by atoms with Crippen molar-refractivity contribution in [2.75, 3.05) is 6.54 Å². The normalized spacial score (nSPS) is 24.1. The van der Waals surface area contributed by atoms with E-state index in [0.29, 0.717) is 12.1 Å². The molecule has 1 aromatic rings. The zero-order valence-corrected chi connectivity index (χ0v) is 12.3. The van der Waals surface area contributed by atoms with E-state index in [0.717, 1.165) is 6.42 Å². The summed E-state index contributed by atoms with van der Waals surface area (Å²) >= 11 is 0. The fourth-order valence-corrected chi connectivity index (χ4v) is 3.30. The molecule has 1 saturated heterocycles. The highest BCUT2D eigenvalue weighted by atomic mass is 15.2. The minimum atomic E-state index is 0.203. The molecule has 0 aromatic carbocycles. The molecule has 2 rings (SSSR count). The largest absolute Gasteiger partial charge is 0.326 e. The zero-order valence-electron chi connectivity index (χ0n) is 12.3. The number of rotatable bonds is 5. The maximum absolute atomic E-state index is 6.43. The first-order valence-corrected chi connectivity index (χ1v) is 7.69. The fourth-order valence-electron chi connectivity index (χ4n) is 3.30. The SMILES string of the molecule is CCC(N)C(c1ccncc1)N1CCCCC1CC. The Morgan fingerprint density at radius 1 is 1.32 bits per heavy atom. The Bertz CT molecular complexity index is 366. The number of piperidine rings is 1. The van der Waals surface area contributed by atoms with Gasteiger partial charge in [0.15, 0.2) is 0 Å². The van der Waals surface area contributed by atoms with Gasteiger partial charge in [0.1, 0.15) is 0 Å². The van der Waals surface area contributed by atoms with Crippen molar-refractivity contribution in [2.45, 2.75) is 64.1 Å². The van der Waals surface area contributed by atoms with Crippen molar-refractivity contribution in [2.24, 2.45) is 5.73 Å². The molecule has 0 bridgehead atoms. The first-order valence-electron chi connectivity index (χ1n) is 7.69. The molecule has 106 valence electrons. The van der Waals surface area contributed by atoms with Gasteiger partial charge in [0, 0.05) is 24.5 Å². The van der Waals surface area contributed by atoms with E-state index in [1.807, 2.05) is 12.4 Å². The van der Waals surface area contributed by atoms with Crippen molar-refractivity contribution in [3.63, 3.8) is 0 Å². The van der Waals surface area contributed by atoms with Crippen LogP contribution in [0.3, 0.4) is 0 Å². The number of hydrogen-bond acceptors (Lipinski definition) is 3. The molecular formula is C16H27N3. The smallest absolute Gasteiger partial charge is 0.0503 e. The van der Waals surface area contributed by atoms with Crippen LogP contribution in [-0.2, 0) is 0 Å². The van der Waals surface area contributed by atoms with E-state index in [1.165, 1.54) is 37.8 Å². The van der Waals surface area contributed by atoms with E-state index < -0.39 is 0 Å². The van der Waals surface area contributed by atoms with Gasteiger partial charge in [0.05, 0.1) is 6.04 Å². The van der Waals surface area contributed by atoms with Crippen molar-refractivity contribution in [3.8, 4) is 0 Å². The van der Waals surface area contributed by atoms with Crippen LogP contribution in [0.15, 0.2) is 24.5 Å². The Hall–Kier alpha value is -0.930. The van der Waals surface area contributed by atoms with Crippen LogP contribution in [0.2, 0.25) is 0 Å². The number of likely N-dealkylation sites (tertiary alicyclic amines) is 1. The van der Waals surface area contributed by atoms with Crippen molar-refractivity contribution in [3.05, 3.63) is 30.1 Å². The van der Waals surface area contributed by atoms with Gasteiger partial charge in [-0.1, -0.05) is 20.3 Å². The summed E-state index contributed by atoms with van der Waals surface area (Å²) in [6.07, 6.45) is 9.98. The van der Waals surface area contributed by atoms with Crippen LogP contribution in [0.25, 0.3) is 0 Å². The van der Waals surface area contributed by atoms with E-state index in [9.17, 15) is 0 Å². The van der Waals surface area contributed by atoms with Crippen LogP contribution in [0.5, 0.6) is 0 Å². The summed E-state index contributed by atoms with van der Waals surface area (Å²) in [4.78, 5) is 6.78. The van der Waals surface area contributed by atoms with E-state index in [1.54, 1.807) is 0 Å². The molecule has 0 radical (unpaired) electrons. The van der Waals surface area contributed by atoms with E-state index in [-0.39, 0.29) is 6.04 Å². The minimum Gasteiger partial charge on any atom is -0.326 e. The number of nitrogens with zero attached hydrogens (tertiary/aromatic N) is 2. The Kier molecular flexibility index (Phi) is 5.34. The van der Waals surface area contributed by atoms with Crippen LogP contribution in [0.4, 0.5) is 0 Å². The molecule has 3 atom stereocenters. The summed E-state index contributed by atoms with van der Waals surface area (Å²) < 4.78 is 0. The molecule has 1 fully saturated rings. The fraction of sp³-hybridized carbons (Fsp3) is 0.688. The van der Waals surface area contributed by atoms with Gasteiger partial charge < -0.3 is 5.73 Å². The lowest BCUT2D eigenvalue weighted by Gasteiger charge is -2.43. The van der Waals surface area contributed by atoms with Crippen LogP contribution in [0.1, 0.15) is 57.6 Å². The highest BCUT2D eigenvalue weighted by Crippen LogP contribution is 2.32. The molecule has 0 saturated carbocycles. The summed E-state index contributed by atoms with van der Waals surface area (Å²) in [5.74, 6) is 0. The molecule has 2 N–H and O–H groups in total. The standard InChI is InChI=1S/C16H27N3/c1-3-14-7-5-6-12-19(14)16(15(17)4-2)13-8-10-18-11-9-13/h8-11,14-16H,3-7,12,17H2,1-2H3. The lowest BCUT2D eigenvalue weighted by Crippen LogP contribution is -2.48. The average Bonchev–Trinajstić information content (AvgIpc) is 2.49. The number of hydrogen-bond donors (Lipinski definition) is 1. The van der Waals surface area contributed by atoms with Gasteiger partial charge in [-0.3, -0.25) is 9.88 Å². The molecule has 1 aromatic heterocycles. The second-order valence-electron chi connectivity index (χ2n) is 5.59. The van der Waals surface area contributed by atoms with Gasteiger partial charge in [0.25, 0.3) is 0 Å². The molecule has 3 nitrogen and oxygen atoms in total. The lowest BCUT2D eigenvalue weighted by molar-refractivity contribution is 0.0757. The highest BCUT2D eigenvalue weighted by molar-refractivity contribution is 5.18. The number of nitrogens with two attached hydrogens (primary N) is 1. The summed E-state index contributed by atoms with van der Waals surface area (Å²) in [5.41, 5.74) is 7.76. The molecule has 1 aliphatic rings. The summed E-state index contributed by atoms with van der Waals surface area (Å²) in [5, 5.41) is 0. The first-order chi connectivity index (χ1) is 9.27. The third kappa shape index (κ3) is 3.34. The van der Waals surface area contributed by atoms with Crippen LogP contribution in [0, 0.1) is 0 Å². The van der Waals surface area contributed by atoms with E-state index in [2.05, 4.69) is 35.9 Å². The topological polar surface area (TPSA) is 42.1 Å². The maximum Gasteiger partial charge on any atom is 0.0503 e. The Balaban J connectivity index is 2.26. The summed E-state index contributed by atoms with van der Waals surface area (Å²) in [6.45, 7) is 5.66. The second-order valence-corrected chi connectivity index (χ2v) is 5.59. The minimum absolute atomic E-state index is 0.203. The number of aromatic nitrogens is 1. The molecule has 19 heavy (non-hydrogen) atoms. The molecule has 1 aliphatic heterocycles. The van der Waals surface area contributed by atoms with Gasteiger partial charge in [-0.15, -0.1) is 0 Å². The van der Waals surface area contributed by atoms with E-state index in [4.69, 9.17) is 5.73 Å². The van der Waals surface area contributed by atoms with Gasteiger partial charge in [-0.05, 0) is 49.9 Å². The Morgan fingerprint density at radius 2 is 2.05 bits per heavy atom. The zero-order chi connectivity index (χ0) is 13.7. The van der Waals surface area contributed by atoms with Gasteiger partial charge in [-0.25, -0.2) is 0 Å². The van der Waals surface area contributed by atoms with Crippen molar-refractivity contribution < 1.29 is 0 Å². The maximum atomic E-state index is 6.43. The second kappa shape index (κ2) is 7.01. The van der Waals surface area contributed by atoms with Crippen LogP contribution < -0.4 is 5.73 Å². The molecular weight excluding hydrogens is 234 g/mol. The molecule has 2 heterocycles. The summed E-state index contributed by atoms with van der Waals surface area (Å²) in [6, 6.07) is 5.49. The molecule has 0 spiro atoms. The van der Waals surface area contributed by atoms with Crippen molar-refractivity contribution in [1.82, 2.24) is 9.88 Å². The quantitative estimate of drug-likeness (QED) is 0.885. The Morgan fingerprint density at radius 3 is 2.68 bits per heavy atom. The molecule has 3 heteroatoms. The van der Waals surface area contributed by atoms with Gasteiger partial charge >= 0.3 is 0 Å². The molecule has 3 unspecified atom stereocenters. The third-order valence-corrected chi connectivity index (χ3v) is 4.43. The predicted octanol–water partition coefficient (Wildman–Crippen LogP) is 3.12. The van der Waals surface area contributed by atoms with Crippen LogP contribution >= 0.6 is 0 Å². The van der Waals surface area contributed by atoms with Gasteiger partial charge in [-0.2, -0.15) is 0 Å². The lowest BCUT2D eigenvalue weighted by atomic mass is 9.91. The van der Waals surface area contributed by atoms with Crippen molar-refractivity contribution in [1.29, 1.82) is 0 Å². The third-order valence-electron chi connectivity index (χ3n) is 4.43.